The molecule has 4 rings (SSSR count). The van der Waals surface area contributed by atoms with E-state index in [1.165, 1.54) is 57.9 Å². The SMILES string of the molecule is Cc1[nH]c(C=NCCCCCC[N+](C)=Cc2[nH]c(C)c3ccccc23)c2ccccc12. The Balaban J connectivity index is 1.20. The van der Waals surface area contributed by atoms with E-state index in [0.717, 1.165) is 25.2 Å². The van der Waals surface area contributed by atoms with Gasteiger partial charge in [-0.2, -0.15) is 0 Å². The predicted octanol–water partition coefficient (Wildman–Crippen LogP) is 6.01. The quantitative estimate of drug-likeness (QED) is 0.192. The van der Waals surface area contributed by atoms with E-state index in [4.69, 9.17) is 0 Å². The van der Waals surface area contributed by atoms with Crippen molar-refractivity contribution in [2.45, 2.75) is 39.5 Å². The second kappa shape index (κ2) is 9.78. The third-order valence-corrected chi connectivity index (χ3v) is 6.00. The zero-order valence-electron chi connectivity index (χ0n) is 18.9. The highest BCUT2D eigenvalue weighted by molar-refractivity contribution is 6.00. The first-order chi connectivity index (χ1) is 15.1. The van der Waals surface area contributed by atoms with Gasteiger partial charge >= 0.3 is 0 Å². The Labute approximate surface area is 184 Å². The number of hydrogen-bond acceptors (Lipinski definition) is 1. The molecule has 4 aromatic rings. The number of rotatable bonds is 9. The second-order valence-corrected chi connectivity index (χ2v) is 8.48. The van der Waals surface area contributed by atoms with Crippen molar-refractivity contribution in [2.24, 2.45) is 4.99 Å². The van der Waals surface area contributed by atoms with E-state index in [-0.39, 0.29) is 0 Å². The van der Waals surface area contributed by atoms with Gasteiger partial charge in [-0.3, -0.25) is 4.99 Å². The molecule has 31 heavy (non-hydrogen) atoms. The molecule has 2 aromatic carbocycles. The van der Waals surface area contributed by atoms with Gasteiger partial charge in [0.25, 0.3) is 0 Å². The van der Waals surface area contributed by atoms with Crippen molar-refractivity contribution in [3.05, 3.63) is 71.3 Å². The molecule has 0 aliphatic rings. The fourth-order valence-electron chi connectivity index (χ4n) is 4.33. The van der Waals surface area contributed by atoms with E-state index in [0.29, 0.717) is 0 Å². The molecular formula is C27H33N4+. The third kappa shape index (κ3) is 4.96. The van der Waals surface area contributed by atoms with Crippen LogP contribution in [0.3, 0.4) is 0 Å². The lowest BCUT2D eigenvalue weighted by molar-refractivity contribution is -0.492. The summed E-state index contributed by atoms with van der Waals surface area (Å²) in [7, 11) is 2.16. The highest BCUT2D eigenvalue weighted by atomic mass is 15.0. The molecule has 0 bridgehead atoms. The maximum atomic E-state index is 4.65. The van der Waals surface area contributed by atoms with Crippen LogP contribution < -0.4 is 0 Å². The van der Waals surface area contributed by atoms with E-state index < -0.39 is 0 Å². The van der Waals surface area contributed by atoms with Crippen LogP contribution in [0.4, 0.5) is 0 Å². The lowest BCUT2D eigenvalue weighted by atomic mass is 10.1. The Bertz CT molecular complexity index is 1220. The van der Waals surface area contributed by atoms with Crippen LogP contribution in [0.2, 0.25) is 0 Å². The maximum absolute atomic E-state index is 4.65. The normalized spacial score (nSPS) is 12.5. The van der Waals surface area contributed by atoms with Gasteiger partial charge in [0.1, 0.15) is 19.3 Å². The van der Waals surface area contributed by atoms with Crippen LogP contribution in [0.1, 0.15) is 48.5 Å². The van der Waals surface area contributed by atoms with E-state index in [1.54, 1.807) is 0 Å². The van der Waals surface area contributed by atoms with E-state index in [1.807, 2.05) is 6.21 Å². The second-order valence-electron chi connectivity index (χ2n) is 8.48. The molecule has 2 aromatic heterocycles. The van der Waals surface area contributed by atoms with Gasteiger partial charge in [0.2, 0.25) is 0 Å². The fraction of sp³-hybridized carbons (Fsp3) is 0.333. The topological polar surface area (TPSA) is 46.9 Å². The van der Waals surface area contributed by atoms with Crippen molar-refractivity contribution in [2.75, 3.05) is 20.1 Å². The van der Waals surface area contributed by atoms with Crippen LogP contribution in [-0.2, 0) is 0 Å². The molecule has 160 valence electrons. The van der Waals surface area contributed by atoms with E-state index >= 15 is 0 Å². The number of aliphatic imine (C=N–C) groups is 1. The number of unbranched alkanes of at least 4 members (excludes halogenated alkanes) is 3. The van der Waals surface area contributed by atoms with Gasteiger partial charge in [-0.15, -0.1) is 0 Å². The minimum Gasteiger partial charge on any atom is -0.357 e. The van der Waals surface area contributed by atoms with Crippen LogP contribution in [0.25, 0.3) is 21.5 Å². The summed E-state index contributed by atoms with van der Waals surface area (Å²) in [5, 5.41) is 5.15. The molecule has 0 spiro atoms. The van der Waals surface area contributed by atoms with Crippen molar-refractivity contribution in [3.8, 4) is 0 Å². The monoisotopic (exact) mass is 413 g/mol. The Morgan fingerprint density at radius 2 is 1.29 bits per heavy atom. The highest BCUT2D eigenvalue weighted by Crippen LogP contribution is 2.21. The number of fused-ring (bicyclic) bond motifs is 2. The number of nitrogens with one attached hydrogen (secondary N) is 2. The van der Waals surface area contributed by atoms with Crippen LogP contribution in [-0.4, -0.2) is 47.1 Å². The summed E-state index contributed by atoms with van der Waals surface area (Å²) in [5.74, 6) is 0. The first-order valence-electron chi connectivity index (χ1n) is 11.3. The first-order valence-corrected chi connectivity index (χ1v) is 11.3. The van der Waals surface area contributed by atoms with Crippen LogP contribution in [0.15, 0.2) is 53.5 Å². The Kier molecular flexibility index (Phi) is 6.66. The summed E-state index contributed by atoms with van der Waals surface area (Å²) in [6, 6.07) is 17.1. The molecule has 2 N–H and O–H groups in total. The molecule has 0 amide bonds. The number of nitrogens with zero attached hydrogens (tertiary/aromatic N) is 2. The number of benzene rings is 2. The van der Waals surface area contributed by atoms with Crippen molar-refractivity contribution in [1.29, 1.82) is 0 Å². The molecule has 4 nitrogen and oxygen atoms in total. The summed E-state index contributed by atoms with van der Waals surface area (Å²) in [6.45, 7) is 6.22. The number of H-pyrrole nitrogens is 2. The smallest absolute Gasteiger partial charge is 0.187 e. The molecule has 0 aliphatic carbocycles. The summed E-state index contributed by atoms with van der Waals surface area (Å²) < 4.78 is 2.30. The van der Waals surface area contributed by atoms with Crippen molar-refractivity contribution in [3.63, 3.8) is 0 Å². The molecule has 4 heteroatoms. The molecule has 0 fully saturated rings. The average Bonchev–Trinajstić information content (AvgIpc) is 3.27. The molecule has 0 atom stereocenters. The molecule has 0 unspecified atom stereocenters. The summed E-state index contributed by atoms with van der Waals surface area (Å²) in [5.41, 5.74) is 4.77. The third-order valence-electron chi connectivity index (χ3n) is 6.00. The van der Waals surface area contributed by atoms with Crippen molar-refractivity contribution in [1.82, 2.24) is 9.97 Å². The fourth-order valence-corrected chi connectivity index (χ4v) is 4.33. The van der Waals surface area contributed by atoms with Gasteiger partial charge in [-0.05, 0) is 26.7 Å². The van der Waals surface area contributed by atoms with E-state index in [2.05, 4.69) is 95.2 Å². The number of hydrogen-bond donors (Lipinski definition) is 2. The summed E-state index contributed by atoms with van der Waals surface area (Å²) in [6.07, 6.45) is 9.04. The van der Waals surface area contributed by atoms with Gasteiger partial charge in [0.15, 0.2) is 6.21 Å². The molecule has 0 saturated heterocycles. The van der Waals surface area contributed by atoms with Gasteiger partial charge in [0, 0.05) is 52.1 Å². The Hall–Kier alpha value is -3.14. The molecule has 0 aliphatic heterocycles. The molecule has 0 radical (unpaired) electrons. The standard InChI is InChI=1S/C27H32N4/c1-20-22-12-6-8-14-24(22)26(29-20)18-28-16-10-4-5-11-17-31(3)19-27-25-15-9-7-13-23(25)21(2)30-27/h6-9,12-15,18-19H,4-5,10-11,16-17H2,1-3H3,(H,28,29)/p+1. The first kappa shape index (κ1) is 21.1. The largest absolute Gasteiger partial charge is 0.357 e. The highest BCUT2D eigenvalue weighted by Gasteiger charge is 2.08. The van der Waals surface area contributed by atoms with Gasteiger partial charge in [0.05, 0.1) is 5.69 Å². The number of aromatic nitrogens is 2. The maximum Gasteiger partial charge on any atom is 0.187 e. The Morgan fingerprint density at radius 1 is 0.742 bits per heavy atom. The lowest BCUT2D eigenvalue weighted by Crippen LogP contribution is -2.10. The number of aryl methyl sites for hydroxylation is 2. The van der Waals surface area contributed by atoms with Crippen LogP contribution >= 0.6 is 0 Å². The zero-order valence-corrected chi connectivity index (χ0v) is 18.9. The zero-order chi connectivity index (χ0) is 21.6. The summed E-state index contributed by atoms with van der Waals surface area (Å²) in [4.78, 5) is 11.6. The van der Waals surface area contributed by atoms with Crippen molar-refractivity contribution < 1.29 is 4.58 Å². The predicted molar refractivity (Wildman–Crippen MR) is 133 cm³/mol. The van der Waals surface area contributed by atoms with Crippen LogP contribution in [0.5, 0.6) is 0 Å². The van der Waals surface area contributed by atoms with Gasteiger partial charge < -0.3 is 9.97 Å². The Morgan fingerprint density at radius 3 is 1.97 bits per heavy atom. The minimum atomic E-state index is 0.891. The number of aromatic amines is 2. The van der Waals surface area contributed by atoms with Gasteiger partial charge in [-0.25, -0.2) is 4.58 Å². The van der Waals surface area contributed by atoms with Gasteiger partial charge in [-0.1, -0.05) is 55.0 Å². The van der Waals surface area contributed by atoms with Crippen LogP contribution in [0, 0.1) is 13.8 Å². The average molecular weight is 414 g/mol. The molecule has 2 heterocycles. The lowest BCUT2D eigenvalue weighted by Gasteiger charge is -1.99. The molecular weight excluding hydrogens is 380 g/mol. The molecule has 0 saturated carbocycles. The van der Waals surface area contributed by atoms with E-state index in [9.17, 15) is 0 Å². The van der Waals surface area contributed by atoms with Crippen molar-refractivity contribution >= 4 is 34.0 Å². The summed E-state index contributed by atoms with van der Waals surface area (Å²) >= 11 is 0. The minimum absolute atomic E-state index is 0.891.